The van der Waals surface area contributed by atoms with Gasteiger partial charge in [-0.1, -0.05) is 25.3 Å². The molecule has 1 fully saturated rings. The van der Waals surface area contributed by atoms with Gasteiger partial charge in [-0.2, -0.15) is 5.10 Å². The number of benzene rings is 1. The molecule has 0 spiro atoms. The highest BCUT2D eigenvalue weighted by molar-refractivity contribution is 6.12. The minimum atomic E-state index is -1.21. The van der Waals surface area contributed by atoms with Crippen LogP contribution in [0.15, 0.2) is 24.3 Å². The molecule has 1 aliphatic carbocycles. The van der Waals surface area contributed by atoms with Crippen LogP contribution in [0.2, 0.25) is 0 Å². The van der Waals surface area contributed by atoms with E-state index in [9.17, 15) is 14.4 Å². The predicted molar refractivity (Wildman–Crippen MR) is 124 cm³/mol. The minimum Gasteiger partial charge on any atom is -0.461 e. The third-order valence-electron chi connectivity index (χ3n) is 6.53. The quantitative estimate of drug-likeness (QED) is 0.701. The molecule has 1 aromatic carbocycles. The van der Waals surface area contributed by atoms with Crippen molar-refractivity contribution in [3.05, 3.63) is 46.8 Å². The summed E-state index contributed by atoms with van der Waals surface area (Å²) in [5.74, 6) is -1.16. The second-order valence-corrected chi connectivity index (χ2v) is 9.36. The van der Waals surface area contributed by atoms with Gasteiger partial charge in [-0.25, -0.2) is 4.79 Å². The second-order valence-electron chi connectivity index (χ2n) is 9.36. The Kier molecular flexibility index (Phi) is 6.28. The van der Waals surface area contributed by atoms with Gasteiger partial charge in [-0.05, 0) is 63.8 Å². The third kappa shape index (κ3) is 4.38. The summed E-state index contributed by atoms with van der Waals surface area (Å²) in [5.41, 5.74) is 1.78. The molecule has 33 heavy (non-hydrogen) atoms. The Balaban J connectivity index is 1.77. The van der Waals surface area contributed by atoms with Gasteiger partial charge in [-0.15, -0.1) is 0 Å². The molecule has 4 rings (SSSR count). The predicted octanol–water partition coefficient (Wildman–Crippen LogP) is 3.54. The number of carbonyl (C=O) groups excluding carboxylic acids is 3. The average Bonchev–Trinajstić information content (AvgIpc) is 3.18. The second kappa shape index (κ2) is 9.00. The van der Waals surface area contributed by atoms with E-state index in [1.807, 2.05) is 32.0 Å². The zero-order valence-electron chi connectivity index (χ0n) is 19.8. The van der Waals surface area contributed by atoms with E-state index in [0.29, 0.717) is 5.69 Å². The first kappa shape index (κ1) is 23.0. The van der Waals surface area contributed by atoms with Crippen LogP contribution in [0.5, 0.6) is 0 Å². The lowest BCUT2D eigenvalue weighted by Gasteiger charge is -2.44. The number of aryl methyl sites for hydroxylation is 2. The van der Waals surface area contributed by atoms with Gasteiger partial charge in [0.1, 0.15) is 11.2 Å². The van der Waals surface area contributed by atoms with Crippen molar-refractivity contribution in [3.63, 3.8) is 0 Å². The summed E-state index contributed by atoms with van der Waals surface area (Å²) < 4.78 is 6.53. The highest BCUT2D eigenvalue weighted by Crippen LogP contribution is 2.34. The van der Waals surface area contributed by atoms with Crippen LogP contribution in [-0.2, 0) is 16.1 Å². The number of ether oxygens (including phenoxy) is 1. The van der Waals surface area contributed by atoms with Crippen molar-refractivity contribution in [1.82, 2.24) is 15.1 Å². The fourth-order valence-corrected chi connectivity index (χ4v) is 4.96. The lowest BCUT2D eigenvalue weighted by molar-refractivity contribution is -0.127. The van der Waals surface area contributed by atoms with Gasteiger partial charge in [0.15, 0.2) is 5.69 Å². The van der Waals surface area contributed by atoms with Crippen LogP contribution in [-0.4, -0.2) is 45.8 Å². The Morgan fingerprint density at radius 3 is 2.42 bits per heavy atom. The molecule has 0 unspecified atom stereocenters. The Bertz CT molecular complexity index is 1070. The van der Waals surface area contributed by atoms with E-state index in [0.717, 1.165) is 36.8 Å². The SMILES string of the molecule is CCOC(=O)c1cc2n(n1)C[C@](C)(C(=O)NC1CCCCC1)N(c1cc(C)cc(C)c1)C2=O. The van der Waals surface area contributed by atoms with E-state index in [1.165, 1.54) is 17.2 Å². The van der Waals surface area contributed by atoms with Crippen LogP contribution in [0, 0.1) is 13.8 Å². The van der Waals surface area contributed by atoms with Crippen LogP contribution in [0.4, 0.5) is 5.69 Å². The van der Waals surface area contributed by atoms with E-state index in [1.54, 1.807) is 18.7 Å². The molecule has 176 valence electrons. The van der Waals surface area contributed by atoms with Crippen molar-refractivity contribution < 1.29 is 19.1 Å². The van der Waals surface area contributed by atoms with Crippen LogP contribution >= 0.6 is 0 Å². The molecule has 8 heteroatoms. The first-order valence-corrected chi connectivity index (χ1v) is 11.7. The molecule has 8 nitrogen and oxygen atoms in total. The Morgan fingerprint density at radius 1 is 1.12 bits per heavy atom. The number of esters is 1. The minimum absolute atomic E-state index is 0.0671. The summed E-state index contributed by atoms with van der Waals surface area (Å²) >= 11 is 0. The van der Waals surface area contributed by atoms with Crippen molar-refractivity contribution in [2.75, 3.05) is 11.5 Å². The number of nitrogens with one attached hydrogen (secondary N) is 1. The molecule has 1 aromatic heterocycles. The number of rotatable bonds is 5. The van der Waals surface area contributed by atoms with Gasteiger partial charge >= 0.3 is 5.97 Å². The van der Waals surface area contributed by atoms with Gasteiger partial charge in [0.05, 0.1) is 13.2 Å². The summed E-state index contributed by atoms with van der Waals surface area (Å²) in [7, 11) is 0. The molecule has 2 aromatic rings. The Hall–Kier alpha value is -3.16. The van der Waals surface area contributed by atoms with Crippen molar-refractivity contribution in [2.45, 2.75) is 77.9 Å². The number of amides is 2. The number of hydrogen-bond acceptors (Lipinski definition) is 5. The summed E-state index contributed by atoms with van der Waals surface area (Å²) in [6, 6.07) is 7.41. The first-order valence-electron chi connectivity index (χ1n) is 11.7. The Morgan fingerprint density at radius 2 is 1.79 bits per heavy atom. The van der Waals surface area contributed by atoms with Crippen LogP contribution in [0.1, 0.15) is 78.1 Å². The molecule has 1 N–H and O–H groups in total. The summed E-state index contributed by atoms with van der Waals surface area (Å²) in [5, 5.41) is 7.52. The van der Waals surface area contributed by atoms with Gasteiger partial charge in [0.25, 0.3) is 5.91 Å². The van der Waals surface area contributed by atoms with E-state index < -0.39 is 11.5 Å². The highest BCUT2D eigenvalue weighted by atomic mass is 16.5. The zero-order valence-corrected chi connectivity index (χ0v) is 19.8. The normalized spacial score (nSPS) is 21.0. The van der Waals surface area contributed by atoms with Gasteiger partial charge < -0.3 is 10.1 Å². The maximum Gasteiger partial charge on any atom is 0.358 e. The number of carbonyl (C=O) groups is 3. The number of aromatic nitrogens is 2. The fourth-order valence-electron chi connectivity index (χ4n) is 4.96. The van der Waals surface area contributed by atoms with Crippen LogP contribution in [0.25, 0.3) is 0 Å². The molecule has 1 atom stereocenters. The Labute approximate surface area is 194 Å². The van der Waals surface area contributed by atoms with Crippen molar-refractivity contribution in [1.29, 1.82) is 0 Å². The van der Waals surface area contributed by atoms with Gasteiger partial charge in [0, 0.05) is 17.8 Å². The van der Waals surface area contributed by atoms with Crippen molar-refractivity contribution >= 4 is 23.5 Å². The number of hydrogen-bond donors (Lipinski definition) is 1. The van der Waals surface area contributed by atoms with Crippen LogP contribution in [0.3, 0.4) is 0 Å². The topological polar surface area (TPSA) is 93.5 Å². The average molecular weight is 453 g/mol. The van der Waals surface area contributed by atoms with E-state index in [2.05, 4.69) is 10.4 Å². The van der Waals surface area contributed by atoms with Crippen molar-refractivity contribution in [2.24, 2.45) is 0 Å². The maximum atomic E-state index is 13.8. The van der Waals surface area contributed by atoms with Gasteiger partial charge in [-0.3, -0.25) is 19.2 Å². The molecule has 0 radical (unpaired) electrons. The number of anilines is 1. The number of fused-ring (bicyclic) bond motifs is 1. The zero-order chi connectivity index (χ0) is 23.8. The summed E-state index contributed by atoms with van der Waals surface area (Å²) in [6.45, 7) is 7.77. The van der Waals surface area contributed by atoms with E-state index in [-0.39, 0.29) is 42.4 Å². The smallest absolute Gasteiger partial charge is 0.358 e. The largest absolute Gasteiger partial charge is 0.461 e. The molecule has 2 amide bonds. The summed E-state index contributed by atoms with van der Waals surface area (Å²) in [6.07, 6.45) is 5.25. The van der Waals surface area contributed by atoms with E-state index in [4.69, 9.17) is 4.74 Å². The van der Waals surface area contributed by atoms with E-state index >= 15 is 0 Å². The van der Waals surface area contributed by atoms with Crippen molar-refractivity contribution in [3.8, 4) is 0 Å². The molecule has 1 saturated carbocycles. The lowest BCUT2D eigenvalue weighted by atomic mass is 9.90. The summed E-state index contributed by atoms with van der Waals surface area (Å²) in [4.78, 5) is 41.3. The molecule has 1 aliphatic heterocycles. The maximum absolute atomic E-state index is 13.8. The van der Waals surface area contributed by atoms with Gasteiger partial charge in [0.2, 0.25) is 5.91 Å². The first-order chi connectivity index (χ1) is 15.7. The fraction of sp³-hybridized carbons (Fsp3) is 0.520. The lowest BCUT2D eigenvalue weighted by Crippen LogP contribution is -2.65. The number of nitrogens with zero attached hydrogens (tertiary/aromatic N) is 3. The molecule has 0 saturated heterocycles. The third-order valence-corrected chi connectivity index (χ3v) is 6.53. The monoisotopic (exact) mass is 452 g/mol. The highest BCUT2D eigenvalue weighted by Gasteiger charge is 2.49. The molecule has 0 bridgehead atoms. The standard InChI is InChI=1S/C25H32N4O4/c1-5-33-23(31)20-14-21-22(30)29(19-12-16(2)11-17(3)13-19)25(4,15-28(21)27-20)24(32)26-18-9-7-6-8-10-18/h11-14,18H,5-10,15H2,1-4H3,(H,26,32)/t25-/m1/s1. The molecular weight excluding hydrogens is 420 g/mol. The van der Waals surface area contributed by atoms with Crippen LogP contribution < -0.4 is 10.2 Å². The molecule has 2 heterocycles. The molecular formula is C25H32N4O4. The molecule has 2 aliphatic rings.